The molecular weight excluding hydrogens is 486 g/mol. The van der Waals surface area contributed by atoms with E-state index in [9.17, 15) is 13.2 Å². The molecule has 33 heavy (non-hydrogen) atoms. The van der Waals surface area contributed by atoms with E-state index < -0.39 is 10.0 Å². The molecule has 2 aromatic rings. The molecule has 8 nitrogen and oxygen atoms in total. The monoisotopic (exact) mass is 513 g/mol. The molecule has 0 aliphatic carbocycles. The lowest BCUT2D eigenvalue weighted by Crippen LogP contribution is -2.34. The number of amides is 1. The maximum Gasteiger partial charge on any atom is 0.243 e. The van der Waals surface area contributed by atoms with E-state index in [-0.39, 0.29) is 22.3 Å². The van der Waals surface area contributed by atoms with Gasteiger partial charge >= 0.3 is 0 Å². The van der Waals surface area contributed by atoms with Gasteiger partial charge in [-0.1, -0.05) is 25.4 Å². The van der Waals surface area contributed by atoms with Crippen LogP contribution in [0, 0.1) is 0 Å². The molecule has 2 aromatic carbocycles. The number of hydrogen-bond donors (Lipinski definition) is 2. The number of halogens is 1. The summed E-state index contributed by atoms with van der Waals surface area (Å²) in [5, 5.41) is 6.09. The Morgan fingerprint density at radius 1 is 1.12 bits per heavy atom. The lowest BCUT2D eigenvalue weighted by Gasteiger charge is -2.20. The van der Waals surface area contributed by atoms with Crippen LogP contribution in [0.2, 0.25) is 5.02 Å². The van der Waals surface area contributed by atoms with Gasteiger partial charge in [0.25, 0.3) is 0 Å². The van der Waals surface area contributed by atoms with Crippen LogP contribution >= 0.6 is 23.8 Å². The van der Waals surface area contributed by atoms with Crippen LogP contribution in [0.4, 0.5) is 5.69 Å². The number of carbonyl (C=O) groups is 1. The number of carbonyl (C=O) groups excluding carboxylic acids is 1. The summed E-state index contributed by atoms with van der Waals surface area (Å²) in [5.74, 6) is 0.767. The summed E-state index contributed by atoms with van der Waals surface area (Å²) in [5.41, 5.74) is 0.335. The van der Waals surface area contributed by atoms with Crippen molar-refractivity contribution in [1.82, 2.24) is 9.62 Å². The minimum atomic E-state index is -3.66. The minimum absolute atomic E-state index is 0.0364. The number of thiocarbonyl (C=S) groups is 1. The van der Waals surface area contributed by atoms with Gasteiger partial charge in [0.2, 0.25) is 15.9 Å². The van der Waals surface area contributed by atoms with E-state index in [4.69, 9.17) is 33.3 Å². The van der Waals surface area contributed by atoms with Gasteiger partial charge in [-0.2, -0.15) is 4.31 Å². The minimum Gasteiger partial charge on any atom is -0.495 e. The first-order valence-corrected chi connectivity index (χ1v) is 12.6. The molecule has 0 unspecified atom stereocenters. The molecule has 2 rings (SSSR count). The molecule has 1 amide bonds. The number of nitrogens with zero attached hydrogens (tertiary/aromatic N) is 1. The molecule has 0 aliphatic rings. The first-order chi connectivity index (χ1) is 15.7. The number of methoxy groups -OCH3 is 1. The van der Waals surface area contributed by atoms with Crippen LogP contribution in [0.25, 0.3) is 0 Å². The zero-order valence-corrected chi connectivity index (χ0v) is 21.1. The lowest BCUT2D eigenvalue weighted by atomic mass is 10.3. The number of rotatable bonds is 11. The van der Waals surface area contributed by atoms with Crippen LogP contribution in [0.1, 0.15) is 26.7 Å². The van der Waals surface area contributed by atoms with E-state index in [0.29, 0.717) is 48.3 Å². The van der Waals surface area contributed by atoms with Gasteiger partial charge < -0.3 is 20.1 Å². The van der Waals surface area contributed by atoms with Gasteiger partial charge in [0.1, 0.15) is 11.5 Å². The molecule has 0 bridgehead atoms. The summed E-state index contributed by atoms with van der Waals surface area (Å²) in [6.45, 7) is 4.60. The quantitative estimate of drug-likeness (QED) is 0.345. The van der Waals surface area contributed by atoms with Crippen LogP contribution < -0.4 is 20.1 Å². The van der Waals surface area contributed by atoms with Crippen LogP contribution in [-0.4, -0.2) is 50.5 Å². The molecule has 0 heterocycles. The smallest absolute Gasteiger partial charge is 0.243 e. The highest BCUT2D eigenvalue weighted by Crippen LogP contribution is 2.29. The van der Waals surface area contributed by atoms with Gasteiger partial charge in [0.15, 0.2) is 5.11 Å². The zero-order chi connectivity index (χ0) is 24.4. The maximum atomic E-state index is 12.8. The van der Waals surface area contributed by atoms with Gasteiger partial charge in [-0.15, -0.1) is 0 Å². The third-order valence-corrected chi connectivity index (χ3v) is 7.15. The fraction of sp³-hybridized carbons (Fsp3) is 0.364. The normalized spacial score (nSPS) is 11.2. The third kappa shape index (κ3) is 7.85. The van der Waals surface area contributed by atoms with Crippen molar-refractivity contribution in [2.45, 2.75) is 31.6 Å². The van der Waals surface area contributed by atoms with Crippen molar-refractivity contribution < 1.29 is 22.7 Å². The highest BCUT2D eigenvalue weighted by molar-refractivity contribution is 7.89. The van der Waals surface area contributed by atoms with Crippen molar-refractivity contribution >= 4 is 50.5 Å². The van der Waals surface area contributed by atoms with Crippen molar-refractivity contribution in [3.63, 3.8) is 0 Å². The van der Waals surface area contributed by atoms with Crippen molar-refractivity contribution in [1.29, 1.82) is 0 Å². The summed E-state index contributed by atoms with van der Waals surface area (Å²) < 4.78 is 37.8. The van der Waals surface area contributed by atoms with Gasteiger partial charge in [0, 0.05) is 24.5 Å². The Balaban J connectivity index is 1.93. The van der Waals surface area contributed by atoms with E-state index in [0.717, 1.165) is 0 Å². The number of sulfonamides is 1. The molecular formula is C22H28ClN3O5S2. The Morgan fingerprint density at radius 2 is 1.79 bits per heavy atom. The fourth-order valence-corrected chi connectivity index (χ4v) is 4.79. The van der Waals surface area contributed by atoms with Crippen LogP contribution in [0.5, 0.6) is 11.5 Å². The predicted octanol–water partition coefficient (Wildman–Crippen LogP) is 4.05. The van der Waals surface area contributed by atoms with E-state index in [2.05, 4.69) is 10.6 Å². The fourth-order valence-electron chi connectivity index (χ4n) is 2.95. The average molecular weight is 514 g/mol. The Labute approximate surface area is 205 Å². The standard InChI is InChI=1S/C22H28ClN3O5S2/c1-4-26(5-2)33(28,29)18-12-13-20(30-3)19(15-18)24-22(32)25-21(27)7-6-14-31-17-10-8-16(23)9-11-17/h8-13,15H,4-7,14H2,1-3H3,(H2,24,25,27,32). The van der Waals surface area contributed by atoms with E-state index in [1.807, 2.05) is 0 Å². The Hall–Kier alpha value is -2.40. The Bertz CT molecular complexity index is 1060. The molecule has 0 aliphatic heterocycles. The van der Waals surface area contributed by atoms with E-state index >= 15 is 0 Å². The average Bonchev–Trinajstić information content (AvgIpc) is 2.78. The SMILES string of the molecule is CCN(CC)S(=O)(=O)c1ccc(OC)c(NC(=S)NC(=O)CCCOc2ccc(Cl)cc2)c1. The van der Waals surface area contributed by atoms with Gasteiger partial charge in [-0.3, -0.25) is 4.79 Å². The summed E-state index contributed by atoms with van der Waals surface area (Å²) in [7, 11) is -2.20. The van der Waals surface area contributed by atoms with Crippen molar-refractivity contribution in [2.75, 3.05) is 32.1 Å². The highest BCUT2D eigenvalue weighted by Gasteiger charge is 2.23. The zero-order valence-electron chi connectivity index (χ0n) is 18.8. The van der Waals surface area contributed by atoms with Gasteiger partial charge in [-0.25, -0.2) is 8.42 Å². The number of benzene rings is 2. The first kappa shape index (κ1) is 26.8. The van der Waals surface area contributed by atoms with Crippen LogP contribution in [-0.2, 0) is 14.8 Å². The second-order valence-electron chi connectivity index (χ2n) is 6.86. The lowest BCUT2D eigenvalue weighted by molar-refractivity contribution is -0.119. The molecule has 0 atom stereocenters. The number of ether oxygens (including phenoxy) is 2. The topological polar surface area (TPSA) is 97.0 Å². The summed E-state index contributed by atoms with van der Waals surface area (Å²) >= 11 is 11.1. The molecule has 0 fully saturated rings. The largest absolute Gasteiger partial charge is 0.495 e. The summed E-state index contributed by atoms with van der Waals surface area (Å²) in [6, 6.07) is 11.4. The molecule has 0 aromatic heterocycles. The molecule has 11 heteroatoms. The first-order valence-electron chi connectivity index (χ1n) is 10.4. The molecule has 0 radical (unpaired) electrons. The van der Waals surface area contributed by atoms with E-state index in [1.54, 1.807) is 38.1 Å². The number of anilines is 1. The Kier molecular flexibility index (Phi) is 10.4. The van der Waals surface area contributed by atoms with E-state index in [1.165, 1.54) is 29.6 Å². The van der Waals surface area contributed by atoms with Crippen LogP contribution in [0.3, 0.4) is 0 Å². The summed E-state index contributed by atoms with van der Waals surface area (Å²) in [4.78, 5) is 12.3. The van der Waals surface area contributed by atoms with Gasteiger partial charge in [-0.05, 0) is 61.1 Å². The predicted molar refractivity (Wildman–Crippen MR) is 134 cm³/mol. The van der Waals surface area contributed by atoms with Crippen molar-refractivity contribution in [3.8, 4) is 11.5 Å². The molecule has 0 saturated carbocycles. The second-order valence-corrected chi connectivity index (χ2v) is 9.64. The molecule has 0 saturated heterocycles. The van der Waals surface area contributed by atoms with Crippen molar-refractivity contribution in [3.05, 3.63) is 47.5 Å². The molecule has 2 N–H and O–H groups in total. The number of nitrogens with one attached hydrogen (secondary N) is 2. The van der Waals surface area contributed by atoms with Crippen LogP contribution in [0.15, 0.2) is 47.4 Å². The molecule has 0 spiro atoms. The van der Waals surface area contributed by atoms with Gasteiger partial charge in [0.05, 0.1) is 24.3 Å². The maximum absolute atomic E-state index is 12.8. The highest BCUT2D eigenvalue weighted by atomic mass is 35.5. The Morgan fingerprint density at radius 3 is 2.39 bits per heavy atom. The third-order valence-electron chi connectivity index (χ3n) is 4.65. The molecule has 180 valence electrons. The second kappa shape index (κ2) is 12.7. The van der Waals surface area contributed by atoms with Crippen molar-refractivity contribution in [2.24, 2.45) is 0 Å². The summed E-state index contributed by atoms with van der Waals surface area (Å²) in [6.07, 6.45) is 0.681. The number of hydrogen-bond acceptors (Lipinski definition) is 6.